The fraction of sp³-hybridized carbons (Fsp3) is 0.316. The number of hydrogen-bond acceptors (Lipinski definition) is 3. The molecule has 0 bridgehead atoms. The number of amides is 1. The van der Waals surface area contributed by atoms with E-state index in [0.717, 1.165) is 35.8 Å². The quantitative estimate of drug-likeness (QED) is 0.796. The molecule has 3 rings (SSSR count). The molecular weight excluding hydrogens is 393 g/mol. The summed E-state index contributed by atoms with van der Waals surface area (Å²) in [4.78, 5) is 12.2. The maximum Gasteiger partial charge on any atom is 0.264 e. The number of halogens is 2. The second-order valence-corrected chi connectivity index (χ2v) is 8.10. The number of benzene rings is 2. The Balaban J connectivity index is 0.00000169. The lowest BCUT2D eigenvalue weighted by Gasteiger charge is -2.17. The maximum absolute atomic E-state index is 12.2. The second-order valence-electron chi connectivity index (χ2n) is 6.35. The fourth-order valence-corrected chi connectivity index (χ4v) is 3.84. The van der Waals surface area contributed by atoms with Crippen molar-refractivity contribution in [2.45, 2.75) is 31.6 Å². The van der Waals surface area contributed by atoms with E-state index in [4.69, 9.17) is 0 Å². The molecule has 1 N–H and O–H groups in total. The number of hydrogen-bond donors (Lipinski definition) is 1. The number of carbonyl (C=O) groups is 1. The summed E-state index contributed by atoms with van der Waals surface area (Å²) in [7, 11) is -3.57. The Morgan fingerprint density at radius 3 is 2.19 bits per heavy atom. The van der Waals surface area contributed by atoms with Gasteiger partial charge in [0.2, 0.25) is 10.0 Å². The number of nitrogens with one attached hydrogen (secondary N) is 1. The van der Waals surface area contributed by atoms with Crippen LogP contribution in [0, 0.1) is 0 Å². The molecule has 0 unspecified atom stereocenters. The summed E-state index contributed by atoms with van der Waals surface area (Å²) in [6, 6.07) is 15.6. The van der Waals surface area contributed by atoms with E-state index < -0.39 is 15.9 Å². The lowest BCUT2D eigenvalue weighted by atomic mass is 9.88. The SMILES string of the molecule is CS(=O)(=O)NC(=O)c1ccc(-c2ccccc2)c(C2CCCC2)c1.Cl.Cl. The van der Waals surface area contributed by atoms with Gasteiger partial charge in [-0.25, -0.2) is 13.1 Å². The zero-order valence-electron chi connectivity index (χ0n) is 14.5. The van der Waals surface area contributed by atoms with Crippen LogP contribution in [0.4, 0.5) is 0 Å². The lowest BCUT2D eigenvalue weighted by Crippen LogP contribution is -2.29. The predicted octanol–water partition coefficient (Wildman–Crippen LogP) is 4.54. The molecule has 7 heteroatoms. The number of sulfonamides is 1. The predicted molar refractivity (Wildman–Crippen MR) is 110 cm³/mol. The van der Waals surface area contributed by atoms with Crippen LogP contribution >= 0.6 is 24.8 Å². The fourth-order valence-electron chi connectivity index (χ4n) is 3.39. The Morgan fingerprint density at radius 1 is 1.00 bits per heavy atom. The van der Waals surface area contributed by atoms with Crippen molar-refractivity contribution in [2.75, 3.05) is 6.26 Å². The van der Waals surface area contributed by atoms with Gasteiger partial charge in [0, 0.05) is 5.56 Å². The van der Waals surface area contributed by atoms with Crippen molar-refractivity contribution in [3.8, 4) is 11.1 Å². The van der Waals surface area contributed by atoms with Crippen LogP contribution in [0.2, 0.25) is 0 Å². The largest absolute Gasteiger partial charge is 0.268 e. The minimum absolute atomic E-state index is 0. The van der Waals surface area contributed by atoms with Gasteiger partial charge in [-0.05, 0) is 47.6 Å². The molecule has 0 spiro atoms. The van der Waals surface area contributed by atoms with Crippen LogP contribution in [0.3, 0.4) is 0 Å². The van der Waals surface area contributed by atoms with Gasteiger partial charge in [-0.15, -0.1) is 24.8 Å². The Labute approximate surface area is 167 Å². The van der Waals surface area contributed by atoms with E-state index in [2.05, 4.69) is 12.1 Å². The number of carbonyl (C=O) groups excluding carboxylic acids is 1. The summed E-state index contributed by atoms with van der Waals surface area (Å²) in [5.74, 6) is -0.150. The van der Waals surface area contributed by atoms with E-state index in [9.17, 15) is 13.2 Å². The molecule has 0 saturated heterocycles. The Bertz CT molecular complexity index is 848. The summed E-state index contributed by atoms with van der Waals surface area (Å²) >= 11 is 0. The third kappa shape index (κ3) is 5.47. The first kappa shape index (κ1) is 22.5. The Hall–Kier alpha value is -1.56. The number of rotatable bonds is 4. The summed E-state index contributed by atoms with van der Waals surface area (Å²) in [5, 5.41) is 0. The van der Waals surface area contributed by atoms with Gasteiger partial charge < -0.3 is 0 Å². The summed E-state index contributed by atoms with van der Waals surface area (Å²) in [5.41, 5.74) is 3.77. The highest BCUT2D eigenvalue weighted by atomic mass is 35.5. The first-order valence-electron chi connectivity index (χ1n) is 8.15. The molecule has 26 heavy (non-hydrogen) atoms. The van der Waals surface area contributed by atoms with Crippen LogP contribution in [0.15, 0.2) is 48.5 Å². The van der Waals surface area contributed by atoms with Crippen molar-refractivity contribution >= 4 is 40.7 Å². The minimum atomic E-state index is -3.57. The minimum Gasteiger partial charge on any atom is -0.268 e. The van der Waals surface area contributed by atoms with E-state index in [0.29, 0.717) is 11.5 Å². The molecule has 1 aliphatic rings. The van der Waals surface area contributed by atoms with Crippen LogP contribution in [-0.4, -0.2) is 20.6 Å². The molecule has 0 aromatic heterocycles. The van der Waals surface area contributed by atoms with Crippen molar-refractivity contribution < 1.29 is 13.2 Å². The Kier molecular flexibility index (Phi) is 8.13. The third-order valence-electron chi connectivity index (χ3n) is 4.47. The molecule has 1 aliphatic carbocycles. The molecule has 2 aromatic rings. The highest BCUT2D eigenvalue weighted by Gasteiger charge is 2.22. The maximum atomic E-state index is 12.2. The first-order chi connectivity index (χ1) is 11.4. The highest BCUT2D eigenvalue weighted by Crippen LogP contribution is 2.39. The zero-order valence-corrected chi connectivity index (χ0v) is 16.9. The van der Waals surface area contributed by atoms with Crippen LogP contribution in [0.1, 0.15) is 47.5 Å². The zero-order chi connectivity index (χ0) is 17.2. The molecule has 1 saturated carbocycles. The van der Waals surface area contributed by atoms with E-state index in [1.165, 1.54) is 12.8 Å². The Morgan fingerprint density at radius 2 is 1.62 bits per heavy atom. The molecule has 142 valence electrons. The van der Waals surface area contributed by atoms with Crippen LogP contribution < -0.4 is 4.72 Å². The molecule has 2 aromatic carbocycles. The van der Waals surface area contributed by atoms with Gasteiger partial charge in [-0.1, -0.05) is 49.2 Å². The van der Waals surface area contributed by atoms with Gasteiger partial charge >= 0.3 is 0 Å². The lowest BCUT2D eigenvalue weighted by molar-refractivity contribution is 0.0981. The topological polar surface area (TPSA) is 63.2 Å². The highest BCUT2D eigenvalue weighted by molar-refractivity contribution is 7.89. The summed E-state index contributed by atoms with van der Waals surface area (Å²) in [6.07, 6.45) is 5.59. The van der Waals surface area contributed by atoms with E-state index >= 15 is 0 Å². The molecule has 0 atom stereocenters. The average Bonchev–Trinajstić information content (AvgIpc) is 3.08. The standard InChI is InChI=1S/C19H21NO3S.2ClH/c1-24(22,23)20-19(21)16-11-12-17(14-7-3-2-4-8-14)18(13-16)15-9-5-6-10-15;;/h2-4,7-8,11-13,15H,5-6,9-10H2,1H3,(H,20,21);2*1H. The van der Waals surface area contributed by atoms with Crippen molar-refractivity contribution in [3.63, 3.8) is 0 Å². The van der Waals surface area contributed by atoms with Gasteiger partial charge in [0.25, 0.3) is 5.91 Å². The molecule has 1 fully saturated rings. The van der Waals surface area contributed by atoms with E-state index in [1.807, 2.05) is 35.1 Å². The van der Waals surface area contributed by atoms with Gasteiger partial charge in [0.05, 0.1) is 6.26 Å². The molecule has 0 heterocycles. The first-order valence-corrected chi connectivity index (χ1v) is 10.0. The van der Waals surface area contributed by atoms with Crippen molar-refractivity contribution in [1.82, 2.24) is 4.72 Å². The van der Waals surface area contributed by atoms with Crippen LogP contribution in [0.5, 0.6) is 0 Å². The average molecular weight is 416 g/mol. The van der Waals surface area contributed by atoms with Crippen LogP contribution in [0.25, 0.3) is 11.1 Å². The summed E-state index contributed by atoms with van der Waals surface area (Å²) < 4.78 is 24.7. The normalized spacial score (nSPS) is 14.2. The monoisotopic (exact) mass is 415 g/mol. The molecule has 0 radical (unpaired) electrons. The van der Waals surface area contributed by atoms with Crippen molar-refractivity contribution in [1.29, 1.82) is 0 Å². The molecule has 1 amide bonds. The molecule has 0 aliphatic heterocycles. The van der Waals surface area contributed by atoms with Gasteiger partial charge in [-0.2, -0.15) is 0 Å². The van der Waals surface area contributed by atoms with Gasteiger partial charge in [0.15, 0.2) is 0 Å². The molecular formula is C19H23Cl2NO3S. The third-order valence-corrected chi connectivity index (χ3v) is 5.03. The van der Waals surface area contributed by atoms with Crippen molar-refractivity contribution in [2.24, 2.45) is 0 Å². The second kappa shape index (κ2) is 9.40. The van der Waals surface area contributed by atoms with E-state index in [-0.39, 0.29) is 24.8 Å². The van der Waals surface area contributed by atoms with Gasteiger partial charge in [0.1, 0.15) is 0 Å². The van der Waals surface area contributed by atoms with Gasteiger partial charge in [-0.3, -0.25) is 4.79 Å². The summed E-state index contributed by atoms with van der Waals surface area (Å²) in [6.45, 7) is 0. The van der Waals surface area contributed by atoms with Crippen molar-refractivity contribution in [3.05, 3.63) is 59.7 Å². The molecule has 4 nitrogen and oxygen atoms in total. The van der Waals surface area contributed by atoms with E-state index in [1.54, 1.807) is 6.07 Å². The van der Waals surface area contributed by atoms with Crippen LogP contribution in [-0.2, 0) is 10.0 Å². The smallest absolute Gasteiger partial charge is 0.264 e.